The van der Waals surface area contributed by atoms with Crippen molar-refractivity contribution in [3.05, 3.63) is 24.3 Å². The Bertz CT molecular complexity index is 687. The van der Waals surface area contributed by atoms with Crippen LogP contribution in [0.5, 0.6) is 0 Å². The highest BCUT2D eigenvalue weighted by Gasteiger charge is 2.40. The highest BCUT2D eigenvalue weighted by Crippen LogP contribution is 2.42. The van der Waals surface area contributed by atoms with Crippen LogP contribution >= 0.6 is 0 Å². The van der Waals surface area contributed by atoms with Gasteiger partial charge in [0.1, 0.15) is 0 Å². The minimum absolute atomic E-state index is 0.0161. The molecule has 146 valence electrons. The van der Waals surface area contributed by atoms with Gasteiger partial charge in [0, 0.05) is 25.0 Å². The van der Waals surface area contributed by atoms with E-state index in [1.54, 1.807) is 0 Å². The van der Waals surface area contributed by atoms with Crippen molar-refractivity contribution in [2.75, 3.05) is 23.7 Å². The molecule has 1 heterocycles. The van der Waals surface area contributed by atoms with Gasteiger partial charge in [0.15, 0.2) is 0 Å². The zero-order valence-corrected chi connectivity index (χ0v) is 15.8. The molecule has 3 amide bonds. The molecule has 2 unspecified atom stereocenters. The van der Waals surface area contributed by atoms with Crippen molar-refractivity contribution in [1.82, 2.24) is 4.90 Å². The number of fused-ring (bicyclic) bond motifs is 2. The molecule has 3 aliphatic rings. The lowest BCUT2D eigenvalue weighted by molar-refractivity contribution is -0.122. The molecule has 2 saturated carbocycles. The van der Waals surface area contributed by atoms with E-state index in [1.165, 1.54) is 6.42 Å². The van der Waals surface area contributed by atoms with Crippen LogP contribution in [0.25, 0.3) is 0 Å². The standard InChI is InChI=1S/C21H30N4O2/c22-19-14-6-5-7-15(19)13-16(12-14)20(26)23-17-8-1-2-9-18(17)24-21(27)25-10-3-4-11-25/h1-2,8-9,14-16,19H,3-7,10-13,22H2,(H,23,26)(H,24,27). The van der Waals surface area contributed by atoms with Gasteiger partial charge >= 0.3 is 6.03 Å². The number of likely N-dealkylation sites (tertiary alicyclic amines) is 1. The van der Waals surface area contributed by atoms with E-state index in [2.05, 4.69) is 10.6 Å². The van der Waals surface area contributed by atoms with Crippen molar-refractivity contribution < 1.29 is 9.59 Å². The minimum Gasteiger partial charge on any atom is -0.327 e. The summed E-state index contributed by atoms with van der Waals surface area (Å²) in [5.41, 5.74) is 7.69. The number of hydrogen-bond acceptors (Lipinski definition) is 3. The summed E-state index contributed by atoms with van der Waals surface area (Å²) in [6, 6.07) is 7.62. The van der Waals surface area contributed by atoms with Crippen molar-refractivity contribution in [2.45, 2.75) is 51.0 Å². The fourth-order valence-electron chi connectivity index (χ4n) is 5.05. The quantitative estimate of drug-likeness (QED) is 0.762. The maximum atomic E-state index is 12.9. The van der Waals surface area contributed by atoms with E-state index in [-0.39, 0.29) is 23.9 Å². The summed E-state index contributed by atoms with van der Waals surface area (Å²) in [5.74, 6) is 1.01. The summed E-state index contributed by atoms with van der Waals surface area (Å²) in [6.45, 7) is 1.59. The van der Waals surface area contributed by atoms with Crippen LogP contribution in [0.15, 0.2) is 24.3 Å². The summed E-state index contributed by atoms with van der Waals surface area (Å²) in [7, 11) is 0. The van der Waals surface area contributed by atoms with Gasteiger partial charge in [0.05, 0.1) is 11.4 Å². The smallest absolute Gasteiger partial charge is 0.321 e. The van der Waals surface area contributed by atoms with E-state index < -0.39 is 0 Å². The molecule has 6 heteroatoms. The van der Waals surface area contributed by atoms with E-state index in [9.17, 15) is 9.59 Å². The SMILES string of the molecule is NC1C2CCCC1CC(C(=O)Nc1ccccc1NC(=O)N1CCCC1)C2. The fraction of sp³-hybridized carbons (Fsp3) is 0.619. The van der Waals surface area contributed by atoms with E-state index in [4.69, 9.17) is 5.73 Å². The predicted molar refractivity (Wildman–Crippen MR) is 106 cm³/mol. The van der Waals surface area contributed by atoms with Crippen LogP contribution in [0.1, 0.15) is 44.9 Å². The Morgan fingerprint density at radius 3 is 2.15 bits per heavy atom. The van der Waals surface area contributed by atoms with Crippen LogP contribution in [-0.4, -0.2) is 36.0 Å². The van der Waals surface area contributed by atoms with Crippen LogP contribution in [-0.2, 0) is 4.79 Å². The number of nitrogens with two attached hydrogens (primary N) is 1. The number of hydrogen-bond donors (Lipinski definition) is 3. The van der Waals surface area contributed by atoms with Crippen LogP contribution in [0.4, 0.5) is 16.2 Å². The molecule has 2 atom stereocenters. The summed E-state index contributed by atoms with van der Waals surface area (Å²) in [6.07, 6.45) is 7.39. The molecule has 27 heavy (non-hydrogen) atoms. The number of urea groups is 1. The fourth-order valence-corrected chi connectivity index (χ4v) is 5.05. The average molecular weight is 370 g/mol. The molecular formula is C21H30N4O2. The van der Waals surface area contributed by atoms with Gasteiger partial charge in [0.25, 0.3) is 0 Å². The molecule has 2 bridgehead atoms. The van der Waals surface area contributed by atoms with E-state index in [0.29, 0.717) is 23.2 Å². The van der Waals surface area contributed by atoms with Crippen molar-refractivity contribution in [1.29, 1.82) is 0 Å². The molecule has 1 aliphatic heterocycles. The number of carbonyl (C=O) groups is 2. The Labute approximate surface area is 160 Å². The van der Waals surface area contributed by atoms with Crippen LogP contribution < -0.4 is 16.4 Å². The summed E-state index contributed by atoms with van der Waals surface area (Å²) >= 11 is 0. The first kappa shape index (κ1) is 18.3. The molecule has 0 spiro atoms. The second-order valence-electron chi connectivity index (χ2n) is 8.36. The lowest BCUT2D eigenvalue weighted by atomic mass is 9.65. The van der Waals surface area contributed by atoms with Gasteiger partial charge in [-0.15, -0.1) is 0 Å². The molecule has 0 radical (unpaired) electrons. The van der Waals surface area contributed by atoms with E-state index in [0.717, 1.165) is 51.6 Å². The highest BCUT2D eigenvalue weighted by molar-refractivity contribution is 5.99. The van der Waals surface area contributed by atoms with Gasteiger partial charge < -0.3 is 21.3 Å². The summed E-state index contributed by atoms with van der Waals surface area (Å²) in [5, 5.41) is 6.03. The van der Waals surface area contributed by atoms with Gasteiger partial charge in [-0.2, -0.15) is 0 Å². The van der Waals surface area contributed by atoms with Crippen molar-refractivity contribution in [3.63, 3.8) is 0 Å². The molecular weight excluding hydrogens is 340 g/mol. The molecule has 6 nitrogen and oxygen atoms in total. The Kier molecular flexibility index (Phi) is 5.34. The highest BCUT2D eigenvalue weighted by atomic mass is 16.2. The van der Waals surface area contributed by atoms with E-state index >= 15 is 0 Å². The van der Waals surface area contributed by atoms with Gasteiger partial charge in [0.2, 0.25) is 5.91 Å². The van der Waals surface area contributed by atoms with E-state index in [1.807, 2.05) is 29.2 Å². The molecule has 3 fully saturated rings. The molecule has 1 aromatic carbocycles. The number of rotatable bonds is 3. The molecule has 4 N–H and O–H groups in total. The largest absolute Gasteiger partial charge is 0.327 e. The first-order chi connectivity index (χ1) is 13.1. The second kappa shape index (κ2) is 7.89. The molecule has 1 saturated heterocycles. The Hall–Kier alpha value is -2.08. The number of carbonyl (C=O) groups excluding carboxylic acids is 2. The van der Waals surface area contributed by atoms with Gasteiger partial charge in [-0.1, -0.05) is 18.6 Å². The Morgan fingerprint density at radius 1 is 0.926 bits per heavy atom. The van der Waals surface area contributed by atoms with Crippen molar-refractivity contribution in [2.24, 2.45) is 23.5 Å². The van der Waals surface area contributed by atoms with Crippen LogP contribution in [0.2, 0.25) is 0 Å². The third-order valence-corrected chi connectivity index (χ3v) is 6.60. The number of anilines is 2. The summed E-state index contributed by atoms with van der Waals surface area (Å²) < 4.78 is 0. The normalized spacial score (nSPS) is 30.0. The lowest BCUT2D eigenvalue weighted by Gasteiger charge is -2.43. The van der Waals surface area contributed by atoms with Crippen molar-refractivity contribution in [3.8, 4) is 0 Å². The molecule has 4 rings (SSSR count). The zero-order chi connectivity index (χ0) is 18.8. The van der Waals surface area contributed by atoms with Gasteiger partial charge in [-0.3, -0.25) is 4.79 Å². The Morgan fingerprint density at radius 2 is 1.52 bits per heavy atom. The monoisotopic (exact) mass is 370 g/mol. The topological polar surface area (TPSA) is 87.5 Å². The van der Waals surface area contributed by atoms with Crippen LogP contribution in [0, 0.1) is 17.8 Å². The third-order valence-electron chi connectivity index (χ3n) is 6.60. The zero-order valence-electron chi connectivity index (χ0n) is 15.8. The number of para-hydroxylation sites is 2. The summed E-state index contributed by atoms with van der Waals surface area (Å²) in [4.78, 5) is 27.2. The van der Waals surface area contributed by atoms with Gasteiger partial charge in [-0.25, -0.2) is 4.79 Å². The number of amides is 3. The predicted octanol–water partition coefficient (Wildman–Crippen LogP) is 3.41. The number of nitrogens with one attached hydrogen (secondary N) is 2. The second-order valence-corrected chi connectivity index (χ2v) is 8.36. The maximum Gasteiger partial charge on any atom is 0.321 e. The van der Waals surface area contributed by atoms with Crippen molar-refractivity contribution >= 4 is 23.3 Å². The lowest BCUT2D eigenvalue weighted by Crippen LogP contribution is -2.48. The number of benzene rings is 1. The molecule has 0 aromatic heterocycles. The molecule has 1 aromatic rings. The maximum absolute atomic E-state index is 12.9. The van der Waals surface area contributed by atoms with Gasteiger partial charge in [-0.05, 0) is 62.5 Å². The minimum atomic E-state index is -0.0904. The number of nitrogens with zero attached hydrogens (tertiary/aromatic N) is 1. The molecule has 2 aliphatic carbocycles. The Balaban J connectivity index is 1.42. The van der Waals surface area contributed by atoms with Crippen LogP contribution in [0.3, 0.4) is 0 Å². The average Bonchev–Trinajstić information content (AvgIpc) is 3.18. The third kappa shape index (κ3) is 3.95. The first-order valence-corrected chi connectivity index (χ1v) is 10.3. The first-order valence-electron chi connectivity index (χ1n) is 10.3.